The van der Waals surface area contributed by atoms with Crippen LogP contribution >= 0.6 is 0 Å². The minimum atomic E-state index is -1.55. The molecular weight excluding hydrogens is 327 g/mol. The van der Waals surface area contributed by atoms with Crippen molar-refractivity contribution in [1.82, 2.24) is 0 Å². The molecule has 0 aromatic carbocycles. The van der Waals surface area contributed by atoms with Crippen LogP contribution in [-0.2, 0) is 9.59 Å². The second kappa shape index (κ2) is 15.5. The molecule has 0 atom stereocenters. The third-order valence-electron chi connectivity index (χ3n) is 1.77. The summed E-state index contributed by atoms with van der Waals surface area (Å²) in [5, 5.41) is 18.8. The van der Waals surface area contributed by atoms with E-state index in [9.17, 15) is 19.8 Å². The number of unbranched alkanes of at least 4 members (excludes halogenated alkanes) is 2. The smallest absolute Gasteiger partial charge is 0.0643 e. The molecule has 0 aromatic rings. The number of rotatable bonds is 8. The van der Waals surface area contributed by atoms with E-state index in [1.165, 1.54) is 25.7 Å². The summed E-state index contributed by atoms with van der Waals surface area (Å²) in [6.07, 6.45) is 6.61. The van der Waals surface area contributed by atoms with Crippen LogP contribution in [0.25, 0.3) is 0 Å². The Bertz CT molecular complexity index is 205. The molecule has 0 aliphatic carbocycles. The fraction of sp³-hybridized carbons (Fsp3) is 0.667. The number of carbonyl (C=O) groups is 2. The molecule has 0 heterocycles. The predicted octanol–water partition coefficient (Wildman–Crippen LogP) is 0.170. The summed E-state index contributed by atoms with van der Waals surface area (Å²) in [4.78, 5) is 18.8. The van der Waals surface area contributed by atoms with E-state index in [2.05, 4.69) is 13.8 Å². The van der Waals surface area contributed by atoms with E-state index >= 15 is 0 Å². The molecule has 17 heavy (non-hydrogen) atoms. The number of hydrogen-bond acceptors (Lipinski definition) is 4. The van der Waals surface area contributed by atoms with Crippen molar-refractivity contribution >= 4 is 33.1 Å². The predicted molar refractivity (Wildman–Crippen MR) is 64.3 cm³/mol. The molecule has 0 bridgehead atoms. The molecule has 5 heteroatoms. The Labute approximate surface area is 113 Å². The molecule has 0 aliphatic heterocycles. The third kappa shape index (κ3) is 25.6. The zero-order valence-corrected chi connectivity index (χ0v) is 13.4. The van der Waals surface area contributed by atoms with Crippen molar-refractivity contribution in [3.05, 3.63) is 12.2 Å². The van der Waals surface area contributed by atoms with Crippen molar-refractivity contribution in [1.29, 1.82) is 0 Å². The Morgan fingerprint density at radius 1 is 0.941 bits per heavy atom. The van der Waals surface area contributed by atoms with Gasteiger partial charge in [-0.15, -0.1) is 0 Å². The van der Waals surface area contributed by atoms with Gasteiger partial charge >= 0.3 is 69.5 Å². The monoisotopic (exact) mass is 348 g/mol. The summed E-state index contributed by atoms with van der Waals surface area (Å²) in [7, 11) is 0. The van der Waals surface area contributed by atoms with Crippen molar-refractivity contribution in [2.75, 3.05) is 0 Å². The molecule has 0 unspecified atom stereocenters. The van der Waals surface area contributed by atoms with Gasteiger partial charge in [-0.2, -0.15) is 0 Å². The maximum Gasteiger partial charge on any atom is 0.0643 e. The molecule has 0 N–H and O–H groups in total. The van der Waals surface area contributed by atoms with Gasteiger partial charge in [-0.05, 0) is 12.2 Å². The molecule has 0 rings (SSSR count). The van der Waals surface area contributed by atoms with Crippen LogP contribution in [0.2, 0.25) is 8.87 Å². The van der Waals surface area contributed by atoms with Gasteiger partial charge in [-0.1, -0.05) is 0 Å². The van der Waals surface area contributed by atoms with Crippen LogP contribution in [0.4, 0.5) is 0 Å². The van der Waals surface area contributed by atoms with Crippen molar-refractivity contribution in [2.24, 2.45) is 0 Å². The quantitative estimate of drug-likeness (QED) is 0.356. The Kier molecular flexibility index (Phi) is 17.1. The maximum atomic E-state index is 9.41. The van der Waals surface area contributed by atoms with Gasteiger partial charge in [0.25, 0.3) is 0 Å². The Morgan fingerprint density at radius 3 is 1.53 bits per heavy atom. The number of hydrogen-bond donors (Lipinski definition) is 0. The normalized spacial score (nSPS) is 9.29. The number of carboxylic acids is 2. The van der Waals surface area contributed by atoms with E-state index in [1.54, 1.807) is 8.87 Å². The molecule has 0 saturated heterocycles. The number of aliphatic carboxylic acids is 2. The van der Waals surface area contributed by atoms with Gasteiger partial charge < -0.3 is 19.8 Å². The SMILES string of the molecule is CCC[CH2][Sn+2][CH2]CCC.O=C([O-])/C=C/C(=O)[O-]. The minimum Gasteiger partial charge on any atom is -0.545 e. The zero-order valence-electron chi connectivity index (χ0n) is 10.5. The average Bonchev–Trinajstić information content (AvgIpc) is 2.27. The van der Waals surface area contributed by atoms with E-state index in [1.807, 2.05) is 0 Å². The van der Waals surface area contributed by atoms with E-state index in [0.717, 1.165) is 0 Å². The van der Waals surface area contributed by atoms with Gasteiger partial charge in [-0.25, -0.2) is 0 Å². The summed E-state index contributed by atoms with van der Waals surface area (Å²) in [5.74, 6) is -3.09. The fourth-order valence-electron chi connectivity index (χ4n) is 0.865. The van der Waals surface area contributed by atoms with Crippen molar-refractivity contribution in [3.63, 3.8) is 0 Å². The van der Waals surface area contributed by atoms with Crippen LogP contribution in [-0.4, -0.2) is 33.1 Å². The van der Waals surface area contributed by atoms with Gasteiger partial charge in [0, 0.05) is 0 Å². The molecule has 0 amide bonds. The molecule has 0 saturated carbocycles. The van der Waals surface area contributed by atoms with Gasteiger partial charge in [0.05, 0.1) is 11.9 Å². The first-order valence-electron chi connectivity index (χ1n) is 5.85. The second-order valence-corrected chi connectivity index (χ2v) is 7.71. The van der Waals surface area contributed by atoms with Gasteiger partial charge in [0.1, 0.15) is 0 Å². The molecule has 0 radical (unpaired) electrons. The standard InChI is InChI=1S/C4H4O4.2C4H9.Sn/c5-3(6)1-2-4(7)8;2*1-3-4-2;/h1-2H,(H,5,6)(H,7,8);2*1,3-4H2,2H3;/q;;;+2/p-2/b2-1+;;;. The summed E-state index contributed by atoms with van der Waals surface area (Å²) in [5.41, 5.74) is 0. The Balaban J connectivity index is 0. The van der Waals surface area contributed by atoms with E-state index in [-0.39, 0.29) is 21.1 Å². The van der Waals surface area contributed by atoms with Gasteiger partial charge in [-0.3, -0.25) is 0 Å². The van der Waals surface area contributed by atoms with Crippen LogP contribution in [0.1, 0.15) is 39.5 Å². The molecule has 0 aromatic heterocycles. The van der Waals surface area contributed by atoms with Crippen LogP contribution in [0.3, 0.4) is 0 Å². The first-order chi connectivity index (χ1) is 8.04. The minimum absolute atomic E-state index is 0.149. The van der Waals surface area contributed by atoms with E-state index < -0.39 is 11.9 Å². The summed E-state index contributed by atoms with van der Waals surface area (Å²) < 4.78 is 3.25. The van der Waals surface area contributed by atoms with Crippen LogP contribution < -0.4 is 10.2 Å². The van der Waals surface area contributed by atoms with Crippen molar-refractivity contribution in [2.45, 2.75) is 48.4 Å². The largest absolute Gasteiger partial charge is 0.545 e. The third-order valence-corrected chi connectivity index (χ3v) is 5.81. The van der Waals surface area contributed by atoms with Crippen LogP contribution in [0.15, 0.2) is 12.2 Å². The molecule has 0 fully saturated rings. The Morgan fingerprint density at radius 2 is 1.29 bits per heavy atom. The molecule has 4 nitrogen and oxygen atoms in total. The fourth-order valence-corrected chi connectivity index (χ4v) is 5.02. The zero-order chi connectivity index (χ0) is 13.5. The molecule has 0 spiro atoms. The van der Waals surface area contributed by atoms with E-state index in [0.29, 0.717) is 12.2 Å². The first-order valence-corrected chi connectivity index (χ1v) is 9.88. The van der Waals surface area contributed by atoms with Gasteiger partial charge in [0.15, 0.2) is 0 Å². The summed E-state index contributed by atoms with van der Waals surface area (Å²) in [6.45, 7) is 4.58. The van der Waals surface area contributed by atoms with Gasteiger partial charge in [0.2, 0.25) is 0 Å². The van der Waals surface area contributed by atoms with Crippen LogP contribution in [0.5, 0.6) is 0 Å². The van der Waals surface area contributed by atoms with E-state index in [4.69, 9.17) is 0 Å². The van der Waals surface area contributed by atoms with Crippen molar-refractivity contribution < 1.29 is 19.8 Å². The Hall–Kier alpha value is -0.521. The molecule has 0 aliphatic rings. The summed E-state index contributed by atoms with van der Waals surface area (Å²) >= 11 is 0.149. The maximum absolute atomic E-state index is 9.41. The van der Waals surface area contributed by atoms with Crippen LogP contribution in [0, 0.1) is 0 Å². The number of carboxylic acid groups (broad SMARTS) is 2. The topological polar surface area (TPSA) is 80.3 Å². The van der Waals surface area contributed by atoms with Crippen molar-refractivity contribution in [3.8, 4) is 0 Å². The number of carbonyl (C=O) groups excluding carboxylic acids is 2. The molecule has 96 valence electrons. The molecular formula is C12H20O4Sn. The first kappa shape index (κ1) is 18.8. The average molecular weight is 347 g/mol. The second-order valence-electron chi connectivity index (χ2n) is 3.43. The summed E-state index contributed by atoms with van der Waals surface area (Å²) in [6, 6.07) is 0.